The van der Waals surface area contributed by atoms with E-state index in [4.69, 9.17) is 5.11 Å². The van der Waals surface area contributed by atoms with E-state index >= 15 is 0 Å². The molecule has 2 unspecified atom stereocenters. The largest absolute Gasteiger partial charge is 0.480 e. The summed E-state index contributed by atoms with van der Waals surface area (Å²) in [5, 5.41) is 18.4. The monoisotopic (exact) mass is 336 g/mol. The summed E-state index contributed by atoms with van der Waals surface area (Å²) >= 11 is 0.644. The summed E-state index contributed by atoms with van der Waals surface area (Å²) in [5.41, 5.74) is 0. The summed E-state index contributed by atoms with van der Waals surface area (Å²) in [6.45, 7) is 4.64. The van der Waals surface area contributed by atoms with E-state index in [0.29, 0.717) is 17.8 Å². The van der Waals surface area contributed by atoms with Gasteiger partial charge in [-0.05, 0) is 5.92 Å². The van der Waals surface area contributed by atoms with E-state index in [0.717, 1.165) is 0 Å². The van der Waals surface area contributed by atoms with Crippen molar-refractivity contribution >= 4 is 38.4 Å². The molecule has 1 aromatic rings. The molecule has 0 fully saturated rings. The molecule has 1 aromatic heterocycles. The van der Waals surface area contributed by atoms with Gasteiger partial charge < -0.3 is 10.4 Å². The lowest BCUT2D eigenvalue weighted by Crippen LogP contribution is -2.44. The Morgan fingerprint density at radius 1 is 1.38 bits per heavy atom. The predicted octanol–water partition coefficient (Wildman–Crippen LogP) is 0.274. The highest BCUT2D eigenvalue weighted by atomic mass is 32.2. The van der Waals surface area contributed by atoms with Crippen molar-refractivity contribution in [3.8, 4) is 0 Å². The second kappa shape index (κ2) is 6.91. The molecule has 0 aliphatic rings. The van der Waals surface area contributed by atoms with Gasteiger partial charge in [0.1, 0.15) is 6.04 Å². The molecule has 0 aromatic carbocycles. The molecule has 1 heterocycles. The summed E-state index contributed by atoms with van der Waals surface area (Å²) in [6, 6.07) is -1.26. The first-order chi connectivity index (χ1) is 9.67. The molecule has 118 valence electrons. The minimum Gasteiger partial charge on any atom is -0.480 e. The lowest BCUT2D eigenvalue weighted by atomic mass is 10.0. The topological polar surface area (TPSA) is 138 Å². The van der Waals surface area contributed by atoms with Crippen molar-refractivity contribution in [3.63, 3.8) is 0 Å². The van der Waals surface area contributed by atoms with Crippen molar-refractivity contribution in [2.75, 3.05) is 5.32 Å². The normalized spacial score (nSPS) is 14.4. The zero-order valence-electron chi connectivity index (χ0n) is 11.7. The number of carboxylic acid groups (broad SMARTS) is 1. The minimum atomic E-state index is -4.11. The highest BCUT2D eigenvalue weighted by Gasteiger charge is 2.31. The van der Waals surface area contributed by atoms with Gasteiger partial charge in [0, 0.05) is 6.92 Å². The zero-order chi connectivity index (χ0) is 16.2. The van der Waals surface area contributed by atoms with Crippen LogP contribution < -0.4 is 10.0 Å². The number of nitrogens with one attached hydrogen (secondary N) is 2. The number of anilines is 1. The first-order valence-electron chi connectivity index (χ1n) is 6.03. The van der Waals surface area contributed by atoms with Crippen LogP contribution in [0.4, 0.5) is 5.13 Å². The lowest BCUT2D eigenvalue weighted by molar-refractivity contribution is -0.140. The number of hydrogen-bond donors (Lipinski definition) is 3. The van der Waals surface area contributed by atoms with Crippen LogP contribution in [0.15, 0.2) is 4.34 Å². The van der Waals surface area contributed by atoms with E-state index in [9.17, 15) is 18.0 Å². The third-order valence-electron chi connectivity index (χ3n) is 2.68. The Morgan fingerprint density at radius 3 is 2.48 bits per heavy atom. The molecule has 0 aliphatic carbocycles. The Hall–Kier alpha value is -1.59. The van der Waals surface area contributed by atoms with Gasteiger partial charge in [-0.2, -0.15) is 4.72 Å². The maximum absolute atomic E-state index is 12.1. The van der Waals surface area contributed by atoms with Gasteiger partial charge in [0.15, 0.2) is 0 Å². The molecule has 0 saturated heterocycles. The van der Waals surface area contributed by atoms with Gasteiger partial charge in [-0.25, -0.2) is 8.42 Å². The molecule has 9 nitrogen and oxygen atoms in total. The summed E-state index contributed by atoms with van der Waals surface area (Å²) in [5.74, 6) is -2.06. The van der Waals surface area contributed by atoms with Crippen molar-refractivity contribution in [1.29, 1.82) is 0 Å². The molecule has 0 aliphatic heterocycles. The zero-order valence-corrected chi connectivity index (χ0v) is 13.3. The van der Waals surface area contributed by atoms with Crippen LogP contribution in [0.3, 0.4) is 0 Å². The third kappa shape index (κ3) is 4.72. The fourth-order valence-corrected chi connectivity index (χ4v) is 3.64. The van der Waals surface area contributed by atoms with Gasteiger partial charge in [-0.1, -0.05) is 31.6 Å². The highest BCUT2D eigenvalue weighted by molar-refractivity contribution is 7.91. The van der Waals surface area contributed by atoms with Crippen LogP contribution in [0, 0.1) is 5.92 Å². The van der Waals surface area contributed by atoms with E-state index in [1.165, 1.54) is 6.92 Å². The van der Waals surface area contributed by atoms with E-state index in [1.54, 1.807) is 13.8 Å². The number of carbonyl (C=O) groups excluding carboxylic acids is 1. The Bertz CT molecular complexity index is 627. The number of nitrogens with zero attached hydrogens (tertiary/aromatic N) is 2. The summed E-state index contributed by atoms with van der Waals surface area (Å²) < 4.78 is 25.9. The smallest absolute Gasteiger partial charge is 0.322 e. The SMILES string of the molecule is CCC(C)C(NS(=O)(=O)c1nnc(NC(C)=O)s1)C(=O)O. The number of sulfonamides is 1. The van der Waals surface area contributed by atoms with Gasteiger partial charge in [0.25, 0.3) is 10.0 Å². The molecule has 2 atom stereocenters. The highest BCUT2D eigenvalue weighted by Crippen LogP contribution is 2.21. The number of rotatable bonds is 7. The summed E-state index contributed by atoms with van der Waals surface area (Å²) in [7, 11) is -4.11. The van der Waals surface area contributed by atoms with Gasteiger partial charge in [-0.15, -0.1) is 10.2 Å². The molecule has 3 N–H and O–H groups in total. The van der Waals surface area contributed by atoms with E-state index in [2.05, 4.69) is 20.2 Å². The predicted molar refractivity (Wildman–Crippen MR) is 75.4 cm³/mol. The number of carbonyl (C=O) groups is 2. The van der Waals surface area contributed by atoms with Crippen LogP contribution in [0.2, 0.25) is 0 Å². The van der Waals surface area contributed by atoms with Crippen molar-refractivity contribution in [3.05, 3.63) is 0 Å². The van der Waals surface area contributed by atoms with Gasteiger partial charge in [0.2, 0.25) is 15.4 Å². The maximum atomic E-state index is 12.1. The molecule has 0 saturated carbocycles. The standard InChI is InChI=1S/C10H16N4O5S2/c1-4-5(2)7(8(16)17)14-21(18,19)10-13-12-9(20-10)11-6(3)15/h5,7,14H,4H2,1-3H3,(H,16,17)(H,11,12,15). The Morgan fingerprint density at radius 2 is 2.00 bits per heavy atom. The van der Waals surface area contributed by atoms with Crippen molar-refractivity contribution in [1.82, 2.24) is 14.9 Å². The average Bonchev–Trinajstić information content (AvgIpc) is 2.83. The van der Waals surface area contributed by atoms with Crippen LogP contribution in [0.1, 0.15) is 27.2 Å². The van der Waals surface area contributed by atoms with Crippen LogP contribution >= 0.6 is 11.3 Å². The fourth-order valence-electron chi connectivity index (χ4n) is 1.38. The maximum Gasteiger partial charge on any atom is 0.322 e. The Labute approximate surface area is 125 Å². The Balaban J connectivity index is 2.97. The van der Waals surface area contributed by atoms with Gasteiger partial charge in [-0.3, -0.25) is 9.59 Å². The quantitative estimate of drug-likeness (QED) is 0.608. The van der Waals surface area contributed by atoms with Crippen molar-refractivity contribution < 1.29 is 23.1 Å². The van der Waals surface area contributed by atoms with Crippen LogP contribution in [-0.2, 0) is 19.6 Å². The van der Waals surface area contributed by atoms with Crippen LogP contribution in [0.5, 0.6) is 0 Å². The molecule has 21 heavy (non-hydrogen) atoms. The second-order valence-electron chi connectivity index (χ2n) is 4.38. The summed E-state index contributed by atoms with van der Waals surface area (Å²) in [4.78, 5) is 22.0. The molecule has 1 amide bonds. The van der Waals surface area contributed by atoms with Gasteiger partial charge >= 0.3 is 5.97 Å². The molecular formula is C10H16N4O5S2. The number of carboxylic acids is 1. The third-order valence-corrected chi connectivity index (χ3v) is 5.33. The number of aromatic nitrogens is 2. The molecule has 1 rings (SSSR count). The van der Waals surface area contributed by atoms with Crippen molar-refractivity contribution in [2.45, 2.75) is 37.6 Å². The number of amides is 1. The number of hydrogen-bond acceptors (Lipinski definition) is 7. The molecular weight excluding hydrogens is 320 g/mol. The molecule has 11 heteroatoms. The molecule has 0 bridgehead atoms. The molecule has 0 spiro atoms. The average molecular weight is 336 g/mol. The minimum absolute atomic E-state index is 0.0262. The lowest BCUT2D eigenvalue weighted by Gasteiger charge is -2.18. The van der Waals surface area contributed by atoms with Crippen LogP contribution in [-0.4, -0.2) is 41.6 Å². The van der Waals surface area contributed by atoms with Crippen molar-refractivity contribution in [2.24, 2.45) is 5.92 Å². The second-order valence-corrected chi connectivity index (χ2v) is 7.24. The fraction of sp³-hybridized carbons (Fsp3) is 0.600. The Kier molecular flexibility index (Phi) is 5.75. The van der Waals surface area contributed by atoms with E-state index < -0.39 is 32.3 Å². The summed E-state index contributed by atoms with van der Waals surface area (Å²) in [6.07, 6.45) is 0.493. The first-order valence-corrected chi connectivity index (χ1v) is 8.33. The van der Waals surface area contributed by atoms with E-state index in [-0.39, 0.29) is 11.0 Å². The number of aliphatic carboxylic acids is 1. The van der Waals surface area contributed by atoms with Crippen LogP contribution in [0.25, 0.3) is 0 Å². The molecule has 0 radical (unpaired) electrons. The first kappa shape index (κ1) is 17.5. The van der Waals surface area contributed by atoms with E-state index in [1.807, 2.05) is 0 Å². The van der Waals surface area contributed by atoms with Gasteiger partial charge in [0.05, 0.1) is 0 Å².